The lowest BCUT2D eigenvalue weighted by Gasteiger charge is -2.15. The molecular formula is C28H40O5. The molecule has 0 heterocycles. The quantitative estimate of drug-likeness (QED) is 0.176. The number of esters is 1. The van der Waals surface area contributed by atoms with E-state index in [1.54, 1.807) is 24.3 Å². The van der Waals surface area contributed by atoms with Crippen molar-refractivity contribution < 1.29 is 23.9 Å². The van der Waals surface area contributed by atoms with Gasteiger partial charge in [-0.3, -0.25) is 14.4 Å². The smallest absolute Gasteiger partial charge is 0.305 e. The van der Waals surface area contributed by atoms with E-state index in [-0.39, 0.29) is 23.3 Å². The molecule has 1 aliphatic carbocycles. The van der Waals surface area contributed by atoms with E-state index >= 15 is 0 Å². The third-order valence-electron chi connectivity index (χ3n) is 6.01. The van der Waals surface area contributed by atoms with E-state index < -0.39 is 0 Å². The lowest BCUT2D eigenvalue weighted by molar-refractivity contribution is -0.143. The Morgan fingerprint density at radius 2 is 1.24 bits per heavy atom. The van der Waals surface area contributed by atoms with Crippen molar-refractivity contribution in [2.75, 3.05) is 13.2 Å². The van der Waals surface area contributed by atoms with Gasteiger partial charge in [0.15, 0.2) is 11.5 Å². The van der Waals surface area contributed by atoms with Gasteiger partial charge in [0, 0.05) is 23.6 Å². The number of unbranched alkanes of at least 4 members (excludes halogenated alkanes) is 12. The van der Waals surface area contributed by atoms with Crippen LogP contribution < -0.4 is 0 Å². The number of carbonyl (C=O) groups excluding carboxylic acids is 3. The van der Waals surface area contributed by atoms with Gasteiger partial charge in [-0.15, -0.1) is 0 Å². The van der Waals surface area contributed by atoms with Crippen LogP contribution in [0.15, 0.2) is 36.1 Å². The summed E-state index contributed by atoms with van der Waals surface area (Å²) in [5.74, 6) is -0.238. The molecule has 1 aliphatic rings. The van der Waals surface area contributed by atoms with E-state index in [1.165, 1.54) is 63.9 Å². The van der Waals surface area contributed by atoms with E-state index in [2.05, 4.69) is 0 Å². The van der Waals surface area contributed by atoms with E-state index in [0.29, 0.717) is 30.8 Å². The number of hydrogen-bond acceptors (Lipinski definition) is 5. The summed E-state index contributed by atoms with van der Waals surface area (Å²) >= 11 is 0. The second-order valence-electron chi connectivity index (χ2n) is 8.75. The molecule has 0 radical (unpaired) electrons. The van der Waals surface area contributed by atoms with Crippen molar-refractivity contribution in [1.29, 1.82) is 0 Å². The Hall–Kier alpha value is -2.43. The number of rotatable bonds is 18. The summed E-state index contributed by atoms with van der Waals surface area (Å²) < 4.78 is 10.6. The van der Waals surface area contributed by atoms with Crippen molar-refractivity contribution in [2.24, 2.45) is 0 Å². The fourth-order valence-corrected chi connectivity index (χ4v) is 4.13. The van der Waals surface area contributed by atoms with Crippen molar-refractivity contribution >= 4 is 17.5 Å². The van der Waals surface area contributed by atoms with Gasteiger partial charge in [-0.2, -0.15) is 0 Å². The van der Waals surface area contributed by atoms with Gasteiger partial charge in [0.25, 0.3) is 0 Å². The van der Waals surface area contributed by atoms with E-state index in [0.717, 1.165) is 25.7 Å². The van der Waals surface area contributed by atoms with Gasteiger partial charge in [0.2, 0.25) is 5.78 Å². The lowest BCUT2D eigenvalue weighted by Crippen LogP contribution is -2.18. The van der Waals surface area contributed by atoms with Crippen molar-refractivity contribution in [2.45, 2.75) is 96.8 Å². The van der Waals surface area contributed by atoms with Crippen LogP contribution in [-0.2, 0) is 14.3 Å². The predicted molar refractivity (Wildman–Crippen MR) is 130 cm³/mol. The number of ether oxygens (including phenoxy) is 2. The van der Waals surface area contributed by atoms with Gasteiger partial charge in [-0.25, -0.2) is 0 Å². The third kappa shape index (κ3) is 10.4. The molecule has 0 N–H and O–H groups in total. The minimum Gasteiger partial charge on any atom is -0.489 e. The molecule has 2 rings (SSSR count). The molecule has 0 spiro atoms. The summed E-state index contributed by atoms with van der Waals surface area (Å²) in [6.07, 6.45) is 17.3. The van der Waals surface area contributed by atoms with Crippen LogP contribution in [-0.4, -0.2) is 30.7 Å². The second kappa shape index (κ2) is 16.2. The first-order chi connectivity index (χ1) is 16.1. The predicted octanol–water partition coefficient (Wildman–Crippen LogP) is 6.99. The Morgan fingerprint density at radius 1 is 0.727 bits per heavy atom. The highest BCUT2D eigenvalue weighted by molar-refractivity contribution is 6.23. The van der Waals surface area contributed by atoms with E-state index in [9.17, 15) is 14.4 Å². The molecule has 1 aromatic carbocycles. The topological polar surface area (TPSA) is 69.7 Å². The summed E-state index contributed by atoms with van der Waals surface area (Å²) in [6.45, 7) is 2.80. The van der Waals surface area contributed by atoms with Crippen LogP contribution in [0.3, 0.4) is 0 Å². The third-order valence-corrected chi connectivity index (χ3v) is 6.01. The summed E-state index contributed by atoms with van der Waals surface area (Å²) in [5, 5.41) is 0. The summed E-state index contributed by atoms with van der Waals surface area (Å²) in [6, 6.07) is 6.90. The highest BCUT2D eigenvalue weighted by Gasteiger charge is 2.26. The highest BCUT2D eigenvalue weighted by Crippen LogP contribution is 2.22. The Morgan fingerprint density at radius 3 is 1.82 bits per heavy atom. The van der Waals surface area contributed by atoms with Crippen LogP contribution in [0.2, 0.25) is 0 Å². The molecule has 0 saturated carbocycles. The van der Waals surface area contributed by atoms with Gasteiger partial charge in [0.1, 0.15) is 0 Å². The summed E-state index contributed by atoms with van der Waals surface area (Å²) in [4.78, 5) is 35.8. The van der Waals surface area contributed by atoms with Gasteiger partial charge in [-0.05, 0) is 19.8 Å². The molecule has 0 atom stereocenters. The summed E-state index contributed by atoms with van der Waals surface area (Å²) in [5.41, 5.74) is 0.898. The van der Waals surface area contributed by atoms with Crippen LogP contribution in [0.4, 0.5) is 0 Å². The zero-order chi connectivity index (χ0) is 23.7. The first kappa shape index (κ1) is 26.8. The number of ketones is 2. The molecule has 0 saturated heterocycles. The summed E-state index contributed by atoms with van der Waals surface area (Å²) in [7, 11) is 0. The molecule has 5 heteroatoms. The van der Waals surface area contributed by atoms with Crippen LogP contribution in [0.1, 0.15) is 118 Å². The van der Waals surface area contributed by atoms with E-state index in [1.807, 2.05) is 6.92 Å². The lowest BCUT2D eigenvalue weighted by atomic mass is 9.94. The number of hydrogen-bond donors (Lipinski definition) is 0. The van der Waals surface area contributed by atoms with Crippen molar-refractivity contribution in [1.82, 2.24) is 0 Å². The van der Waals surface area contributed by atoms with E-state index in [4.69, 9.17) is 9.47 Å². The van der Waals surface area contributed by atoms with Gasteiger partial charge < -0.3 is 9.47 Å². The SMILES string of the molecule is CCOC(=O)CCCCCCCCCCCCCCCOC1=CC(=O)c2ccccc2C1=O. The number of fused-ring (bicyclic) bond motifs is 1. The Balaban J connectivity index is 1.37. The van der Waals surface area contributed by atoms with Crippen molar-refractivity contribution in [3.8, 4) is 0 Å². The molecular weight excluding hydrogens is 416 g/mol. The van der Waals surface area contributed by atoms with Gasteiger partial charge >= 0.3 is 5.97 Å². The highest BCUT2D eigenvalue weighted by atomic mass is 16.5. The largest absolute Gasteiger partial charge is 0.489 e. The first-order valence-electron chi connectivity index (χ1n) is 12.8. The monoisotopic (exact) mass is 456 g/mol. The molecule has 0 unspecified atom stereocenters. The molecule has 0 aliphatic heterocycles. The fourth-order valence-electron chi connectivity index (χ4n) is 4.13. The van der Waals surface area contributed by atoms with Crippen LogP contribution in [0.5, 0.6) is 0 Å². The average Bonchev–Trinajstić information content (AvgIpc) is 2.82. The van der Waals surface area contributed by atoms with Crippen LogP contribution >= 0.6 is 0 Å². The van der Waals surface area contributed by atoms with Gasteiger partial charge in [0.05, 0.1) is 13.2 Å². The normalized spacial score (nSPS) is 12.9. The molecule has 33 heavy (non-hydrogen) atoms. The Labute approximate surface area is 198 Å². The molecule has 5 nitrogen and oxygen atoms in total. The molecule has 0 amide bonds. The molecule has 0 bridgehead atoms. The molecule has 0 fully saturated rings. The first-order valence-corrected chi connectivity index (χ1v) is 12.8. The molecule has 182 valence electrons. The Kier molecular flexibility index (Phi) is 13.2. The zero-order valence-electron chi connectivity index (χ0n) is 20.2. The molecule has 1 aromatic rings. The maximum absolute atomic E-state index is 12.4. The number of carbonyl (C=O) groups is 3. The maximum atomic E-state index is 12.4. The number of benzene rings is 1. The van der Waals surface area contributed by atoms with Crippen molar-refractivity contribution in [3.63, 3.8) is 0 Å². The Bertz CT molecular complexity index is 780. The van der Waals surface area contributed by atoms with Crippen LogP contribution in [0.25, 0.3) is 0 Å². The van der Waals surface area contributed by atoms with Crippen molar-refractivity contribution in [3.05, 3.63) is 47.2 Å². The molecule has 0 aromatic heterocycles. The number of Topliss-reactive ketones (excluding diaryl/α,β-unsaturated/α-hetero) is 1. The minimum absolute atomic E-state index is 0.0654. The second-order valence-corrected chi connectivity index (χ2v) is 8.75. The average molecular weight is 457 g/mol. The minimum atomic E-state index is -0.193. The van der Waals surface area contributed by atoms with Gasteiger partial charge in [-0.1, -0.05) is 94.9 Å². The maximum Gasteiger partial charge on any atom is 0.305 e. The number of allylic oxidation sites excluding steroid dienone is 2. The zero-order valence-corrected chi connectivity index (χ0v) is 20.2. The van der Waals surface area contributed by atoms with Crippen LogP contribution in [0, 0.1) is 0 Å². The fraction of sp³-hybridized carbons (Fsp3) is 0.607. The standard InChI is InChI=1S/C28H40O5/c1-2-32-27(30)20-14-12-10-8-6-4-3-5-7-9-11-13-17-21-33-26-22-25(29)23-18-15-16-19-24(23)28(26)31/h15-16,18-19,22H,2-14,17,20-21H2,1H3.